The minimum atomic E-state index is 0.739. The highest BCUT2D eigenvalue weighted by Crippen LogP contribution is 2.35. The van der Waals surface area contributed by atoms with Gasteiger partial charge in [0.1, 0.15) is 0 Å². The van der Waals surface area contributed by atoms with Crippen molar-refractivity contribution < 1.29 is 0 Å². The van der Waals surface area contributed by atoms with Crippen LogP contribution in [0.25, 0.3) is 0 Å². The Morgan fingerprint density at radius 2 is 1.62 bits per heavy atom. The van der Waals surface area contributed by atoms with E-state index < -0.39 is 0 Å². The summed E-state index contributed by atoms with van der Waals surface area (Å²) in [5.41, 5.74) is 1.54. The van der Waals surface area contributed by atoms with Crippen molar-refractivity contribution in [1.82, 2.24) is 5.32 Å². The van der Waals surface area contributed by atoms with Gasteiger partial charge in [-0.15, -0.1) is 0 Å². The van der Waals surface area contributed by atoms with E-state index in [-0.39, 0.29) is 0 Å². The van der Waals surface area contributed by atoms with Crippen LogP contribution in [0.3, 0.4) is 0 Å². The van der Waals surface area contributed by atoms with E-state index in [1.54, 1.807) is 5.56 Å². The molecule has 16 heavy (non-hydrogen) atoms. The van der Waals surface area contributed by atoms with Gasteiger partial charge in [-0.3, -0.25) is 0 Å². The van der Waals surface area contributed by atoms with Crippen LogP contribution in [0.2, 0.25) is 0 Å². The summed E-state index contributed by atoms with van der Waals surface area (Å²) in [6, 6.07) is 12.7. The van der Waals surface area contributed by atoms with Crippen LogP contribution in [0, 0.1) is 0 Å². The van der Waals surface area contributed by atoms with Crippen molar-refractivity contribution in [2.24, 2.45) is 0 Å². The monoisotopic (exact) mass is 215 g/mol. The third-order valence-electron chi connectivity index (χ3n) is 4.02. The van der Waals surface area contributed by atoms with Crippen LogP contribution in [0.15, 0.2) is 30.3 Å². The Bertz CT molecular complexity index is 329. The molecule has 0 radical (unpaired) electrons. The Morgan fingerprint density at radius 3 is 2.38 bits per heavy atom. The minimum Gasteiger partial charge on any atom is -0.311 e. The molecule has 0 heterocycles. The van der Waals surface area contributed by atoms with E-state index in [9.17, 15) is 0 Å². The molecule has 0 aliphatic heterocycles. The summed E-state index contributed by atoms with van der Waals surface area (Å²) < 4.78 is 0. The van der Waals surface area contributed by atoms with E-state index in [1.807, 2.05) is 0 Å². The van der Waals surface area contributed by atoms with E-state index in [0.29, 0.717) is 0 Å². The maximum Gasteiger partial charge on any atom is 0.0138 e. The van der Waals surface area contributed by atoms with Crippen molar-refractivity contribution in [1.29, 1.82) is 0 Å². The lowest BCUT2D eigenvalue weighted by atomic mass is 9.80. The third kappa shape index (κ3) is 2.30. The highest BCUT2D eigenvalue weighted by molar-refractivity contribution is 5.22. The molecule has 3 rings (SSSR count). The van der Waals surface area contributed by atoms with Crippen molar-refractivity contribution in [3.05, 3.63) is 35.9 Å². The Balaban J connectivity index is 1.74. The van der Waals surface area contributed by atoms with Crippen LogP contribution < -0.4 is 5.32 Å². The van der Waals surface area contributed by atoms with Crippen LogP contribution in [-0.2, 0) is 0 Å². The smallest absolute Gasteiger partial charge is 0.0138 e. The molecular weight excluding hydrogens is 194 g/mol. The number of hydrogen-bond acceptors (Lipinski definition) is 1. The van der Waals surface area contributed by atoms with Crippen LogP contribution in [0.5, 0.6) is 0 Å². The molecular formula is C15H21N. The summed E-state index contributed by atoms with van der Waals surface area (Å²) in [6.45, 7) is 0. The molecule has 2 fully saturated rings. The van der Waals surface area contributed by atoms with Gasteiger partial charge in [-0.05, 0) is 37.2 Å². The van der Waals surface area contributed by atoms with Crippen LogP contribution >= 0.6 is 0 Å². The van der Waals surface area contributed by atoms with E-state index in [2.05, 4.69) is 35.6 Å². The Kier molecular flexibility index (Phi) is 2.96. The summed E-state index contributed by atoms with van der Waals surface area (Å²) in [5, 5.41) is 3.84. The predicted octanol–water partition coefficient (Wildman–Crippen LogP) is 3.46. The second-order valence-electron chi connectivity index (χ2n) is 5.35. The topological polar surface area (TPSA) is 12.0 Å². The van der Waals surface area contributed by atoms with Gasteiger partial charge in [0.25, 0.3) is 0 Å². The lowest BCUT2D eigenvalue weighted by Gasteiger charge is -2.33. The van der Waals surface area contributed by atoms with Crippen LogP contribution in [-0.4, -0.2) is 12.1 Å². The molecule has 2 atom stereocenters. The number of rotatable bonds is 3. The van der Waals surface area contributed by atoms with Gasteiger partial charge in [-0.2, -0.15) is 0 Å². The molecule has 0 spiro atoms. The first-order valence-corrected chi connectivity index (χ1v) is 6.74. The summed E-state index contributed by atoms with van der Waals surface area (Å²) in [6.07, 6.45) is 8.36. The van der Waals surface area contributed by atoms with Gasteiger partial charge >= 0.3 is 0 Å². The van der Waals surface area contributed by atoms with Crippen LogP contribution in [0.4, 0.5) is 0 Å². The Hall–Kier alpha value is -0.820. The molecule has 1 N–H and O–H groups in total. The maximum atomic E-state index is 3.84. The lowest BCUT2D eigenvalue weighted by molar-refractivity contribution is 0.325. The molecule has 1 aromatic carbocycles. The Morgan fingerprint density at radius 1 is 0.875 bits per heavy atom. The highest BCUT2D eigenvalue weighted by atomic mass is 15.0. The zero-order valence-electron chi connectivity index (χ0n) is 9.86. The number of nitrogens with one attached hydrogen (secondary N) is 1. The zero-order chi connectivity index (χ0) is 10.8. The molecule has 2 aliphatic rings. The molecule has 0 unspecified atom stereocenters. The van der Waals surface area contributed by atoms with Gasteiger partial charge in [0, 0.05) is 12.1 Å². The Labute approximate surface area is 98.3 Å². The van der Waals surface area contributed by atoms with Gasteiger partial charge in [0.05, 0.1) is 0 Å². The summed E-state index contributed by atoms with van der Waals surface area (Å²) in [7, 11) is 0. The van der Waals surface area contributed by atoms with Gasteiger partial charge < -0.3 is 5.32 Å². The number of hydrogen-bond donors (Lipinski definition) is 1. The normalized spacial score (nSPS) is 30.2. The molecule has 2 aliphatic carbocycles. The van der Waals surface area contributed by atoms with E-state index >= 15 is 0 Å². The third-order valence-corrected chi connectivity index (χ3v) is 4.02. The molecule has 0 aromatic heterocycles. The highest BCUT2D eigenvalue weighted by Gasteiger charge is 2.31. The first-order valence-electron chi connectivity index (χ1n) is 6.74. The number of benzene rings is 1. The molecule has 0 saturated heterocycles. The fraction of sp³-hybridized carbons (Fsp3) is 0.600. The second kappa shape index (κ2) is 4.58. The fourth-order valence-electron chi connectivity index (χ4n) is 2.98. The first-order chi connectivity index (χ1) is 7.93. The fourth-order valence-corrected chi connectivity index (χ4v) is 2.98. The van der Waals surface area contributed by atoms with Crippen molar-refractivity contribution in [3.8, 4) is 0 Å². The maximum absolute atomic E-state index is 3.84. The minimum absolute atomic E-state index is 0.739. The van der Waals surface area contributed by atoms with E-state index in [4.69, 9.17) is 0 Å². The second-order valence-corrected chi connectivity index (χ2v) is 5.35. The van der Waals surface area contributed by atoms with Gasteiger partial charge in [0.15, 0.2) is 0 Å². The lowest BCUT2D eigenvalue weighted by Crippen LogP contribution is -2.38. The van der Waals surface area contributed by atoms with Crippen molar-refractivity contribution in [2.75, 3.05) is 0 Å². The summed E-state index contributed by atoms with van der Waals surface area (Å²) in [4.78, 5) is 0. The van der Waals surface area contributed by atoms with Gasteiger partial charge in [0.2, 0.25) is 0 Å². The molecule has 0 bridgehead atoms. The zero-order valence-corrected chi connectivity index (χ0v) is 9.86. The van der Waals surface area contributed by atoms with Crippen molar-refractivity contribution in [3.63, 3.8) is 0 Å². The predicted molar refractivity (Wildman–Crippen MR) is 67.6 cm³/mol. The van der Waals surface area contributed by atoms with Gasteiger partial charge in [-0.25, -0.2) is 0 Å². The largest absolute Gasteiger partial charge is 0.311 e. The quantitative estimate of drug-likeness (QED) is 0.814. The summed E-state index contributed by atoms with van der Waals surface area (Å²) >= 11 is 0. The average Bonchev–Trinajstić information content (AvgIpc) is 3.15. The molecule has 1 nitrogen and oxygen atoms in total. The first kappa shape index (κ1) is 10.3. The molecule has 1 aromatic rings. The average molecular weight is 215 g/mol. The molecule has 0 amide bonds. The molecule has 1 heteroatoms. The SMILES string of the molecule is c1ccc([C@H]2CCCC[C@@H]2NC2CC2)cc1. The van der Waals surface area contributed by atoms with Crippen LogP contribution in [0.1, 0.15) is 50.0 Å². The van der Waals surface area contributed by atoms with Crippen molar-refractivity contribution in [2.45, 2.75) is 56.5 Å². The molecule has 86 valence electrons. The standard InChI is InChI=1S/C15H21N/c1-2-6-12(7-3-1)14-8-4-5-9-15(14)16-13-10-11-13/h1-3,6-7,13-16H,4-5,8-11H2/t14-,15+/m1/s1. The van der Waals surface area contributed by atoms with Gasteiger partial charge in [-0.1, -0.05) is 43.2 Å². The van der Waals surface area contributed by atoms with E-state index in [0.717, 1.165) is 18.0 Å². The van der Waals surface area contributed by atoms with E-state index in [1.165, 1.54) is 38.5 Å². The summed E-state index contributed by atoms with van der Waals surface area (Å²) in [5.74, 6) is 0.760. The molecule has 2 saturated carbocycles. The van der Waals surface area contributed by atoms with Crippen molar-refractivity contribution >= 4 is 0 Å².